The van der Waals surface area contributed by atoms with Gasteiger partial charge in [0.25, 0.3) is 0 Å². The number of phenolic OH excluding ortho intramolecular Hbond substituents is 1. The maximum Gasteiger partial charge on any atom is 0.116 e. The van der Waals surface area contributed by atoms with E-state index in [-0.39, 0.29) is 18.2 Å². The minimum absolute atomic E-state index is 0.180. The fraction of sp³-hybridized carbons (Fsp3) is 0.222. The van der Waals surface area contributed by atoms with Crippen molar-refractivity contribution in [2.75, 3.05) is 0 Å². The molecule has 1 aromatic rings. The molecule has 0 radical (unpaired) electrons. The van der Waals surface area contributed by atoms with Crippen molar-refractivity contribution < 1.29 is 5.11 Å². The molecule has 1 unspecified atom stereocenters. The molecule has 0 bridgehead atoms. The van der Waals surface area contributed by atoms with Gasteiger partial charge in [-0.3, -0.25) is 0 Å². The second-order valence-electron chi connectivity index (χ2n) is 2.67. The highest BCUT2D eigenvalue weighted by atomic mass is 79.9. The van der Waals surface area contributed by atoms with Crippen LogP contribution in [-0.2, 0) is 0 Å². The SMILES string of the molecule is N#CCC(N)c1ccc(O)cc1Br. The van der Waals surface area contributed by atoms with Crippen molar-refractivity contribution in [1.82, 2.24) is 0 Å². The van der Waals surface area contributed by atoms with Gasteiger partial charge in [0.2, 0.25) is 0 Å². The average Bonchev–Trinajstić information content (AvgIpc) is 2.04. The van der Waals surface area contributed by atoms with Crippen molar-refractivity contribution >= 4 is 15.9 Å². The topological polar surface area (TPSA) is 70.0 Å². The Labute approximate surface area is 84.9 Å². The van der Waals surface area contributed by atoms with Gasteiger partial charge in [-0.15, -0.1) is 0 Å². The molecule has 3 N–H and O–H groups in total. The molecule has 3 nitrogen and oxygen atoms in total. The van der Waals surface area contributed by atoms with Crippen LogP contribution in [0.3, 0.4) is 0 Å². The van der Waals surface area contributed by atoms with E-state index < -0.39 is 0 Å². The van der Waals surface area contributed by atoms with Gasteiger partial charge >= 0.3 is 0 Å². The van der Waals surface area contributed by atoms with Gasteiger partial charge in [0.15, 0.2) is 0 Å². The molecule has 1 aromatic carbocycles. The van der Waals surface area contributed by atoms with E-state index in [4.69, 9.17) is 16.1 Å². The van der Waals surface area contributed by atoms with Crippen LogP contribution in [-0.4, -0.2) is 5.11 Å². The number of rotatable bonds is 2. The first kappa shape index (κ1) is 10.0. The number of benzene rings is 1. The normalized spacial score (nSPS) is 12.1. The number of aromatic hydroxyl groups is 1. The van der Waals surface area contributed by atoms with Crippen LogP contribution < -0.4 is 5.73 Å². The van der Waals surface area contributed by atoms with Crippen molar-refractivity contribution in [1.29, 1.82) is 5.26 Å². The number of nitrogens with two attached hydrogens (primary N) is 1. The van der Waals surface area contributed by atoms with Crippen molar-refractivity contribution in [3.05, 3.63) is 28.2 Å². The van der Waals surface area contributed by atoms with Gasteiger partial charge in [-0.1, -0.05) is 22.0 Å². The Morgan fingerprint density at radius 1 is 1.62 bits per heavy atom. The van der Waals surface area contributed by atoms with Crippen molar-refractivity contribution in [3.63, 3.8) is 0 Å². The largest absolute Gasteiger partial charge is 0.508 e. The molecular formula is C9H9BrN2O. The van der Waals surface area contributed by atoms with Gasteiger partial charge in [0.1, 0.15) is 5.75 Å². The van der Waals surface area contributed by atoms with E-state index in [2.05, 4.69) is 15.9 Å². The average molecular weight is 241 g/mol. The highest BCUT2D eigenvalue weighted by Gasteiger charge is 2.09. The minimum atomic E-state index is -0.306. The molecule has 0 heterocycles. The third-order valence-electron chi connectivity index (χ3n) is 1.69. The number of hydrogen-bond acceptors (Lipinski definition) is 3. The summed E-state index contributed by atoms with van der Waals surface area (Å²) in [6.07, 6.45) is 0.267. The molecular weight excluding hydrogens is 232 g/mol. The summed E-state index contributed by atoms with van der Waals surface area (Å²) >= 11 is 3.27. The lowest BCUT2D eigenvalue weighted by molar-refractivity contribution is 0.474. The van der Waals surface area contributed by atoms with Gasteiger partial charge in [-0.2, -0.15) is 5.26 Å². The van der Waals surface area contributed by atoms with E-state index >= 15 is 0 Å². The van der Waals surface area contributed by atoms with Crippen LogP contribution in [0.15, 0.2) is 22.7 Å². The summed E-state index contributed by atoms with van der Waals surface area (Å²) in [5.41, 5.74) is 6.56. The van der Waals surface area contributed by atoms with Crippen LogP contribution in [0.25, 0.3) is 0 Å². The zero-order valence-electron chi connectivity index (χ0n) is 6.87. The molecule has 0 saturated heterocycles. The lowest BCUT2D eigenvalue weighted by Gasteiger charge is -2.09. The molecule has 0 aliphatic heterocycles. The number of phenols is 1. The van der Waals surface area contributed by atoms with Crippen LogP contribution in [0.4, 0.5) is 0 Å². The Hall–Kier alpha value is -1.05. The number of hydrogen-bond donors (Lipinski definition) is 2. The molecule has 0 aliphatic rings. The number of halogens is 1. The predicted molar refractivity (Wildman–Crippen MR) is 53.0 cm³/mol. The predicted octanol–water partition coefficient (Wildman–Crippen LogP) is 2.07. The van der Waals surface area contributed by atoms with E-state index in [1.807, 2.05) is 6.07 Å². The molecule has 0 saturated carbocycles. The molecule has 1 atom stereocenters. The number of nitriles is 1. The lowest BCUT2D eigenvalue weighted by atomic mass is 10.1. The Bertz CT molecular complexity index is 346. The highest BCUT2D eigenvalue weighted by molar-refractivity contribution is 9.10. The van der Waals surface area contributed by atoms with Gasteiger partial charge in [0, 0.05) is 10.5 Å². The maximum absolute atomic E-state index is 9.11. The summed E-state index contributed by atoms with van der Waals surface area (Å²) < 4.78 is 0.732. The Morgan fingerprint density at radius 2 is 2.31 bits per heavy atom. The Balaban J connectivity index is 2.96. The molecule has 0 fully saturated rings. The van der Waals surface area contributed by atoms with Gasteiger partial charge in [-0.25, -0.2) is 0 Å². The Morgan fingerprint density at radius 3 is 2.85 bits per heavy atom. The third-order valence-corrected chi connectivity index (χ3v) is 2.38. The third kappa shape index (κ3) is 2.44. The molecule has 0 aromatic heterocycles. The van der Waals surface area contributed by atoms with E-state index in [1.54, 1.807) is 18.2 Å². The quantitative estimate of drug-likeness (QED) is 0.832. The first-order chi connectivity index (χ1) is 6.15. The van der Waals surface area contributed by atoms with Crippen LogP contribution in [0.1, 0.15) is 18.0 Å². The molecule has 0 aliphatic carbocycles. The van der Waals surface area contributed by atoms with Gasteiger partial charge in [0.05, 0.1) is 12.5 Å². The molecule has 1 rings (SSSR count). The molecule has 4 heteroatoms. The fourth-order valence-corrected chi connectivity index (χ4v) is 1.69. The Kier molecular flexibility index (Phi) is 3.29. The summed E-state index contributed by atoms with van der Waals surface area (Å²) in [6, 6.07) is 6.52. The number of nitrogens with zero attached hydrogens (tertiary/aromatic N) is 1. The van der Waals surface area contributed by atoms with Crippen LogP contribution in [0.5, 0.6) is 5.75 Å². The summed E-state index contributed by atoms with van der Waals surface area (Å²) in [4.78, 5) is 0. The summed E-state index contributed by atoms with van der Waals surface area (Å²) in [5.74, 6) is 0.180. The van der Waals surface area contributed by atoms with E-state index in [0.29, 0.717) is 0 Å². The smallest absolute Gasteiger partial charge is 0.116 e. The molecule has 68 valence electrons. The second-order valence-corrected chi connectivity index (χ2v) is 3.53. The summed E-state index contributed by atoms with van der Waals surface area (Å²) in [7, 11) is 0. The second kappa shape index (κ2) is 4.26. The summed E-state index contributed by atoms with van der Waals surface area (Å²) in [5, 5.41) is 17.6. The standard InChI is InChI=1S/C9H9BrN2O/c10-8-5-6(13)1-2-7(8)9(12)3-4-11/h1-2,5,9,13H,3,12H2. The zero-order chi connectivity index (χ0) is 9.84. The molecule has 0 amide bonds. The lowest BCUT2D eigenvalue weighted by Crippen LogP contribution is -2.09. The van der Waals surface area contributed by atoms with Crippen molar-refractivity contribution in [3.8, 4) is 11.8 Å². The van der Waals surface area contributed by atoms with Gasteiger partial charge < -0.3 is 10.8 Å². The molecule has 13 heavy (non-hydrogen) atoms. The van der Waals surface area contributed by atoms with Crippen LogP contribution in [0.2, 0.25) is 0 Å². The van der Waals surface area contributed by atoms with Crippen molar-refractivity contribution in [2.24, 2.45) is 5.73 Å². The highest BCUT2D eigenvalue weighted by Crippen LogP contribution is 2.27. The van der Waals surface area contributed by atoms with Crippen LogP contribution in [0, 0.1) is 11.3 Å². The zero-order valence-corrected chi connectivity index (χ0v) is 8.45. The monoisotopic (exact) mass is 240 g/mol. The fourth-order valence-electron chi connectivity index (χ4n) is 1.03. The van der Waals surface area contributed by atoms with Crippen molar-refractivity contribution in [2.45, 2.75) is 12.5 Å². The first-order valence-corrected chi connectivity index (χ1v) is 4.55. The van der Waals surface area contributed by atoms with Crippen LogP contribution >= 0.6 is 15.9 Å². The first-order valence-electron chi connectivity index (χ1n) is 3.76. The van der Waals surface area contributed by atoms with E-state index in [0.717, 1.165) is 10.0 Å². The summed E-state index contributed by atoms with van der Waals surface area (Å²) in [6.45, 7) is 0. The molecule has 0 spiro atoms. The maximum atomic E-state index is 9.11. The minimum Gasteiger partial charge on any atom is -0.508 e. The van der Waals surface area contributed by atoms with E-state index in [1.165, 1.54) is 0 Å². The van der Waals surface area contributed by atoms with E-state index in [9.17, 15) is 0 Å². The van der Waals surface area contributed by atoms with Gasteiger partial charge in [-0.05, 0) is 17.7 Å².